The number of aromatic nitrogens is 1. The maximum absolute atomic E-state index is 14.2. The summed E-state index contributed by atoms with van der Waals surface area (Å²) in [6.07, 6.45) is 0. The van der Waals surface area contributed by atoms with Crippen molar-refractivity contribution >= 4 is 11.6 Å². The highest BCUT2D eigenvalue weighted by molar-refractivity contribution is 6.01. The molecule has 28 heavy (non-hydrogen) atoms. The van der Waals surface area contributed by atoms with Gasteiger partial charge in [-0.3, -0.25) is 4.79 Å². The molecule has 0 N–H and O–H groups in total. The van der Waals surface area contributed by atoms with Crippen LogP contribution in [0, 0.1) is 18.6 Å². The van der Waals surface area contributed by atoms with Crippen molar-refractivity contribution in [1.29, 1.82) is 0 Å². The molecular formula is C21H19F2N3O2. The average molecular weight is 383 g/mol. The summed E-state index contributed by atoms with van der Waals surface area (Å²) < 4.78 is 32.5. The van der Waals surface area contributed by atoms with Gasteiger partial charge in [0.25, 0.3) is 5.91 Å². The van der Waals surface area contributed by atoms with Crippen LogP contribution in [0.5, 0.6) is 0 Å². The number of carbonyl (C=O) groups excluding carboxylic acids is 1. The molecule has 0 unspecified atom stereocenters. The van der Waals surface area contributed by atoms with Crippen LogP contribution < -0.4 is 4.90 Å². The Labute approximate surface area is 161 Å². The summed E-state index contributed by atoms with van der Waals surface area (Å²) in [6.45, 7) is 3.89. The number of anilines is 1. The summed E-state index contributed by atoms with van der Waals surface area (Å²) in [7, 11) is 0. The van der Waals surface area contributed by atoms with Gasteiger partial charge < -0.3 is 14.3 Å². The van der Waals surface area contributed by atoms with E-state index in [-0.39, 0.29) is 23.0 Å². The van der Waals surface area contributed by atoms with E-state index in [2.05, 4.69) is 10.1 Å². The number of amides is 1. The number of hydrogen-bond donors (Lipinski definition) is 0. The van der Waals surface area contributed by atoms with Gasteiger partial charge in [0.15, 0.2) is 0 Å². The highest BCUT2D eigenvalue weighted by Crippen LogP contribution is 2.29. The molecule has 1 amide bonds. The van der Waals surface area contributed by atoms with E-state index >= 15 is 0 Å². The molecule has 3 aromatic rings. The number of benzene rings is 2. The van der Waals surface area contributed by atoms with Crippen LogP contribution >= 0.6 is 0 Å². The Morgan fingerprint density at radius 3 is 2.36 bits per heavy atom. The second-order valence-electron chi connectivity index (χ2n) is 6.70. The van der Waals surface area contributed by atoms with Crippen molar-refractivity contribution in [2.75, 3.05) is 31.1 Å². The van der Waals surface area contributed by atoms with Gasteiger partial charge in [-0.15, -0.1) is 0 Å². The van der Waals surface area contributed by atoms with Gasteiger partial charge in [0.05, 0.1) is 0 Å². The summed E-state index contributed by atoms with van der Waals surface area (Å²) in [4.78, 5) is 16.9. The van der Waals surface area contributed by atoms with E-state index in [1.807, 2.05) is 0 Å². The lowest BCUT2D eigenvalue weighted by atomic mass is 10.0. The zero-order valence-corrected chi connectivity index (χ0v) is 15.4. The van der Waals surface area contributed by atoms with E-state index in [0.717, 1.165) is 5.69 Å². The molecule has 2 heterocycles. The third-order valence-electron chi connectivity index (χ3n) is 4.96. The van der Waals surface area contributed by atoms with Crippen LogP contribution in [0.3, 0.4) is 0 Å². The zero-order valence-electron chi connectivity index (χ0n) is 15.4. The number of piperazine rings is 1. The van der Waals surface area contributed by atoms with Crippen molar-refractivity contribution in [3.63, 3.8) is 0 Å². The molecule has 2 aromatic carbocycles. The summed E-state index contributed by atoms with van der Waals surface area (Å²) in [6, 6.07) is 12.5. The summed E-state index contributed by atoms with van der Waals surface area (Å²) in [5.41, 5.74) is 1.68. The van der Waals surface area contributed by atoms with Gasteiger partial charge in [0.1, 0.15) is 28.7 Å². The third-order valence-corrected chi connectivity index (χ3v) is 4.96. The van der Waals surface area contributed by atoms with Crippen molar-refractivity contribution in [2.24, 2.45) is 0 Å². The quantitative estimate of drug-likeness (QED) is 0.689. The molecule has 0 aliphatic carbocycles. The lowest BCUT2D eigenvalue weighted by Crippen LogP contribution is -2.49. The summed E-state index contributed by atoms with van der Waals surface area (Å²) in [5, 5.41) is 3.93. The Kier molecular flexibility index (Phi) is 4.81. The molecule has 1 aromatic heterocycles. The molecule has 1 aliphatic heterocycles. The summed E-state index contributed by atoms with van der Waals surface area (Å²) in [5.74, 6) is -0.591. The Morgan fingerprint density at radius 2 is 1.68 bits per heavy atom. The molecule has 0 bridgehead atoms. The molecular weight excluding hydrogens is 364 g/mol. The van der Waals surface area contributed by atoms with Gasteiger partial charge in [-0.25, -0.2) is 8.78 Å². The minimum Gasteiger partial charge on any atom is -0.368 e. The number of rotatable bonds is 3. The lowest BCUT2D eigenvalue weighted by molar-refractivity contribution is 0.0745. The predicted molar refractivity (Wildman–Crippen MR) is 101 cm³/mol. The topological polar surface area (TPSA) is 49.6 Å². The molecule has 0 spiro atoms. The van der Waals surface area contributed by atoms with Crippen LogP contribution in [0.15, 0.2) is 53.1 Å². The molecule has 0 atom stereocenters. The van der Waals surface area contributed by atoms with E-state index in [1.165, 1.54) is 18.2 Å². The first-order chi connectivity index (χ1) is 13.5. The Balaban J connectivity index is 1.53. The second-order valence-corrected chi connectivity index (χ2v) is 6.70. The van der Waals surface area contributed by atoms with Gasteiger partial charge in [-0.05, 0) is 43.3 Å². The number of nitrogens with zero attached hydrogens (tertiary/aromatic N) is 3. The van der Waals surface area contributed by atoms with Crippen LogP contribution in [-0.4, -0.2) is 42.1 Å². The fourth-order valence-electron chi connectivity index (χ4n) is 3.44. The largest absolute Gasteiger partial charge is 0.368 e. The second kappa shape index (κ2) is 7.42. The van der Waals surface area contributed by atoms with Crippen LogP contribution in [0.4, 0.5) is 14.5 Å². The smallest absolute Gasteiger partial charge is 0.259 e. The zero-order chi connectivity index (χ0) is 19.7. The SMILES string of the molecule is Cc1onc(-c2ccccc2F)c1C(=O)N1CCN(c2ccc(F)cc2)CC1. The van der Waals surface area contributed by atoms with Crippen molar-refractivity contribution in [3.8, 4) is 11.3 Å². The fraction of sp³-hybridized carbons (Fsp3) is 0.238. The van der Waals surface area contributed by atoms with E-state index < -0.39 is 5.82 Å². The minimum absolute atomic E-state index is 0.224. The fourth-order valence-corrected chi connectivity index (χ4v) is 3.44. The number of aryl methyl sites for hydroxylation is 1. The predicted octanol–water partition coefficient (Wildman–Crippen LogP) is 3.89. The lowest BCUT2D eigenvalue weighted by Gasteiger charge is -2.36. The molecule has 1 saturated heterocycles. The molecule has 144 valence electrons. The monoisotopic (exact) mass is 383 g/mol. The van der Waals surface area contributed by atoms with Crippen molar-refractivity contribution < 1.29 is 18.1 Å². The van der Waals surface area contributed by atoms with Gasteiger partial charge in [0, 0.05) is 37.4 Å². The van der Waals surface area contributed by atoms with Crippen molar-refractivity contribution in [1.82, 2.24) is 10.1 Å². The Bertz CT molecular complexity index is 993. The minimum atomic E-state index is -0.453. The van der Waals surface area contributed by atoms with E-state index in [1.54, 1.807) is 42.2 Å². The first-order valence-electron chi connectivity index (χ1n) is 9.05. The van der Waals surface area contributed by atoms with Crippen molar-refractivity contribution in [3.05, 3.63) is 71.5 Å². The first kappa shape index (κ1) is 18.2. The normalized spacial score (nSPS) is 14.4. The molecule has 5 nitrogen and oxygen atoms in total. The van der Waals surface area contributed by atoms with Crippen LogP contribution in [-0.2, 0) is 0 Å². The standard InChI is InChI=1S/C21H19F2N3O2/c1-14-19(20(24-28-14)17-4-2-3-5-18(17)23)21(27)26-12-10-25(11-13-26)16-8-6-15(22)7-9-16/h2-9H,10-13H2,1H3. The Morgan fingerprint density at radius 1 is 1.00 bits per heavy atom. The highest BCUT2D eigenvalue weighted by atomic mass is 19.1. The van der Waals surface area contributed by atoms with Crippen LogP contribution in [0.25, 0.3) is 11.3 Å². The molecule has 4 rings (SSSR count). The first-order valence-corrected chi connectivity index (χ1v) is 9.05. The van der Waals surface area contributed by atoms with E-state index in [4.69, 9.17) is 4.52 Å². The van der Waals surface area contributed by atoms with E-state index in [0.29, 0.717) is 37.5 Å². The Hall–Kier alpha value is -3.22. The van der Waals surface area contributed by atoms with Gasteiger partial charge >= 0.3 is 0 Å². The van der Waals surface area contributed by atoms with Crippen molar-refractivity contribution in [2.45, 2.75) is 6.92 Å². The molecule has 7 heteroatoms. The molecule has 0 saturated carbocycles. The maximum atomic E-state index is 14.2. The van der Waals surface area contributed by atoms with Crippen LogP contribution in [0.1, 0.15) is 16.1 Å². The molecule has 0 radical (unpaired) electrons. The summed E-state index contributed by atoms with van der Waals surface area (Å²) >= 11 is 0. The van der Waals surface area contributed by atoms with Gasteiger partial charge in [-0.2, -0.15) is 0 Å². The number of carbonyl (C=O) groups is 1. The maximum Gasteiger partial charge on any atom is 0.259 e. The molecule has 1 aliphatic rings. The highest BCUT2D eigenvalue weighted by Gasteiger charge is 2.29. The number of hydrogen-bond acceptors (Lipinski definition) is 4. The average Bonchev–Trinajstić information content (AvgIpc) is 3.10. The third kappa shape index (κ3) is 3.35. The van der Waals surface area contributed by atoms with E-state index in [9.17, 15) is 13.6 Å². The van der Waals surface area contributed by atoms with Crippen LogP contribution in [0.2, 0.25) is 0 Å². The number of halogens is 2. The van der Waals surface area contributed by atoms with Gasteiger partial charge in [-0.1, -0.05) is 17.3 Å². The van der Waals surface area contributed by atoms with Gasteiger partial charge in [0.2, 0.25) is 0 Å². The molecule has 1 fully saturated rings.